The predicted octanol–water partition coefficient (Wildman–Crippen LogP) is 4.13. The minimum atomic E-state index is -4.68. The van der Waals surface area contributed by atoms with Crippen molar-refractivity contribution in [3.8, 4) is 10.4 Å². The van der Waals surface area contributed by atoms with Crippen molar-refractivity contribution in [3.05, 3.63) is 46.8 Å². The third-order valence-electron chi connectivity index (χ3n) is 2.37. The number of rotatable bonds is 2. The highest BCUT2D eigenvalue weighted by atomic mass is 32.1. The van der Waals surface area contributed by atoms with Gasteiger partial charge in [-0.25, -0.2) is 4.79 Å². The Morgan fingerprint density at radius 1 is 1.17 bits per heavy atom. The first-order valence-electron chi connectivity index (χ1n) is 4.88. The Morgan fingerprint density at radius 3 is 2.39 bits per heavy atom. The van der Waals surface area contributed by atoms with Gasteiger partial charge in [-0.15, -0.1) is 11.3 Å². The first kappa shape index (κ1) is 12.6. The van der Waals surface area contributed by atoms with Gasteiger partial charge in [0.25, 0.3) is 0 Å². The second-order valence-electron chi connectivity index (χ2n) is 3.51. The molecule has 0 spiro atoms. The van der Waals surface area contributed by atoms with Gasteiger partial charge in [0.1, 0.15) is 0 Å². The molecular weight excluding hydrogens is 265 g/mol. The molecule has 6 heteroatoms. The summed E-state index contributed by atoms with van der Waals surface area (Å²) < 4.78 is 38.3. The third-order valence-corrected chi connectivity index (χ3v) is 3.27. The lowest BCUT2D eigenvalue weighted by Crippen LogP contribution is -2.13. The highest BCUT2D eigenvalue weighted by Crippen LogP contribution is 2.37. The first-order chi connectivity index (χ1) is 8.41. The molecule has 0 saturated heterocycles. The summed E-state index contributed by atoms with van der Waals surface area (Å²) in [5.74, 6) is -1.58. The Kier molecular flexibility index (Phi) is 3.13. The third kappa shape index (κ3) is 2.24. The van der Waals surface area contributed by atoms with Crippen LogP contribution < -0.4 is 0 Å². The number of aromatic carboxylic acids is 1. The van der Waals surface area contributed by atoms with Gasteiger partial charge in [0, 0.05) is 10.4 Å². The van der Waals surface area contributed by atoms with Crippen molar-refractivity contribution in [1.82, 2.24) is 0 Å². The highest BCUT2D eigenvalue weighted by Gasteiger charge is 2.36. The molecule has 1 aromatic heterocycles. The number of halogens is 3. The fourth-order valence-corrected chi connectivity index (χ4v) is 2.41. The Labute approximate surface area is 104 Å². The number of carboxylic acid groups (broad SMARTS) is 1. The largest absolute Gasteiger partial charge is 0.478 e. The summed E-state index contributed by atoms with van der Waals surface area (Å²) in [6, 6.07) is 6.62. The zero-order chi connectivity index (χ0) is 13.3. The molecule has 0 saturated carbocycles. The van der Waals surface area contributed by atoms with E-state index in [2.05, 4.69) is 0 Å². The SMILES string of the molecule is O=C(O)c1c(-c2cccs2)cccc1C(F)(F)F. The van der Waals surface area contributed by atoms with Crippen LogP contribution in [0.2, 0.25) is 0 Å². The molecule has 0 bridgehead atoms. The molecule has 0 amide bonds. The number of alkyl halides is 3. The van der Waals surface area contributed by atoms with E-state index >= 15 is 0 Å². The Hall–Kier alpha value is -1.82. The summed E-state index contributed by atoms with van der Waals surface area (Å²) in [5.41, 5.74) is -1.74. The molecular formula is C12H7F3O2S. The molecule has 0 aliphatic rings. The monoisotopic (exact) mass is 272 g/mol. The number of hydrogen-bond donors (Lipinski definition) is 1. The van der Waals surface area contributed by atoms with Crippen molar-refractivity contribution < 1.29 is 23.1 Å². The van der Waals surface area contributed by atoms with Gasteiger partial charge in [-0.3, -0.25) is 0 Å². The van der Waals surface area contributed by atoms with E-state index in [1.807, 2.05) is 0 Å². The normalized spacial score (nSPS) is 11.5. The van der Waals surface area contributed by atoms with E-state index in [0.717, 1.165) is 6.07 Å². The molecule has 0 aliphatic carbocycles. The van der Waals surface area contributed by atoms with Crippen LogP contribution in [0.5, 0.6) is 0 Å². The Morgan fingerprint density at radius 2 is 1.89 bits per heavy atom. The zero-order valence-corrected chi connectivity index (χ0v) is 9.68. The highest BCUT2D eigenvalue weighted by molar-refractivity contribution is 7.13. The fraction of sp³-hybridized carbons (Fsp3) is 0.0833. The van der Waals surface area contributed by atoms with Crippen molar-refractivity contribution in [2.45, 2.75) is 6.18 Å². The minimum absolute atomic E-state index is 0.0901. The first-order valence-corrected chi connectivity index (χ1v) is 5.76. The van der Waals surface area contributed by atoms with E-state index in [1.165, 1.54) is 23.5 Å². The second-order valence-corrected chi connectivity index (χ2v) is 4.46. The topological polar surface area (TPSA) is 37.3 Å². The molecule has 2 rings (SSSR count). The quantitative estimate of drug-likeness (QED) is 0.892. The summed E-state index contributed by atoms with van der Waals surface area (Å²) >= 11 is 1.20. The maximum absolute atomic E-state index is 12.8. The molecule has 1 N–H and O–H groups in total. The van der Waals surface area contributed by atoms with Crippen LogP contribution in [0.1, 0.15) is 15.9 Å². The van der Waals surface area contributed by atoms with Gasteiger partial charge < -0.3 is 5.11 Å². The molecule has 0 atom stereocenters. The lowest BCUT2D eigenvalue weighted by Gasteiger charge is -2.13. The van der Waals surface area contributed by atoms with Gasteiger partial charge in [0.05, 0.1) is 11.1 Å². The van der Waals surface area contributed by atoms with Crippen molar-refractivity contribution in [1.29, 1.82) is 0 Å². The molecule has 2 aromatic rings. The molecule has 2 nitrogen and oxygen atoms in total. The average molecular weight is 272 g/mol. The molecule has 1 heterocycles. The van der Waals surface area contributed by atoms with Crippen LogP contribution in [-0.2, 0) is 6.18 Å². The molecule has 0 aliphatic heterocycles. The van der Waals surface area contributed by atoms with Crippen molar-refractivity contribution >= 4 is 17.3 Å². The van der Waals surface area contributed by atoms with Crippen LogP contribution in [-0.4, -0.2) is 11.1 Å². The lowest BCUT2D eigenvalue weighted by atomic mass is 9.99. The van der Waals surface area contributed by atoms with E-state index in [0.29, 0.717) is 4.88 Å². The average Bonchev–Trinajstić information content (AvgIpc) is 2.80. The Bertz CT molecular complexity index is 574. The zero-order valence-electron chi connectivity index (χ0n) is 8.86. The van der Waals surface area contributed by atoms with Gasteiger partial charge in [-0.2, -0.15) is 13.2 Å². The standard InChI is InChI=1S/C12H7F3O2S/c13-12(14,15)8-4-1-3-7(10(8)11(16)17)9-5-2-6-18-9/h1-6H,(H,16,17). The molecule has 0 radical (unpaired) electrons. The van der Waals surface area contributed by atoms with Crippen LogP contribution in [0, 0.1) is 0 Å². The summed E-state index contributed by atoms with van der Waals surface area (Å²) in [4.78, 5) is 11.6. The van der Waals surface area contributed by atoms with Gasteiger partial charge in [-0.05, 0) is 17.5 Å². The van der Waals surface area contributed by atoms with E-state index in [-0.39, 0.29) is 5.56 Å². The molecule has 18 heavy (non-hydrogen) atoms. The van der Waals surface area contributed by atoms with Crippen LogP contribution in [0.25, 0.3) is 10.4 Å². The van der Waals surface area contributed by atoms with Crippen LogP contribution in [0.3, 0.4) is 0 Å². The van der Waals surface area contributed by atoms with Gasteiger partial charge in [0.2, 0.25) is 0 Å². The summed E-state index contributed by atoms with van der Waals surface area (Å²) in [6.07, 6.45) is -4.68. The second kappa shape index (κ2) is 4.45. The lowest BCUT2D eigenvalue weighted by molar-refractivity contribution is -0.138. The molecule has 1 aromatic carbocycles. The van der Waals surface area contributed by atoms with Crippen molar-refractivity contribution in [3.63, 3.8) is 0 Å². The van der Waals surface area contributed by atoms with Crippen LogP contribution in [0.4, 0.5) is 13.2 Å². The predicted molar refractivity (Wildman–Crippen MR) is 61.7 cm³/mol. The smallest absolute Gasteiger partial charge is 0.417 e. The van der Waals surface area contributed by atoms with Crippen LogP contribution in [0.15, 0.2) is 35.7 Å². The van der Waals surface area contributed by atoms with Crippen molar-refractivity contribution in [2.24, 2.45) is 0 Å². The maximum atomic E-state index is 12.8. The van der Waals surface area contributed by atoms with Gasteiger partial charge >= 0.3 is 12.1 Å². The number of carboxylic acids is 1. The summed E-state index contributed by atoms with van der Waals surface area (Å²) in [7, 11) is 0. The fourth-order valence-electron chi connectivity index (χ4n) is 1.66. The molecule has 94 valence electrons. The number of thiophene rings is 1. The van der Waals surface area contributed by atoms with Gasteiger partial charge in [0.15, 0.2) is 0 Å². The number of benzene rings is 1. The summed E-state index contributed by atoms with van der Waals surface area (Å²) in [6.45, 7) is 0. The summed E-state index contributed by atoms with van der Waals surface area (Å²) in [5, 5.41) is 10.7. The Balaban J connectivity index is 2.72. The van der Waals surface area contributed by atoms with Crippen LogP contribution >= 0.6 is 11.3 Å². The van der Waals surface area contributed by atoms with E-state index < -0.39 is 23.3 Å². The van der Waals surface area contributed by atoms with E-state index in [1.54, 1.807) is 17.5 Å². The van der Waals surface area contributed by atoms with Crippen molar-refractivity contribution in [2.75, 3.05) is 0 Å². The minimum Gasteiger partial charge on any atom is -0.478 e. The van der Waals surface area contributed by atoms with Gasteiger partial charge in [-0.1, -0.05) is 18.2 Å². The number of hydrogen-bond acceptors (Lipinski definition) is 2. The number of carbonyl (C=O) groups is 1. The molecule has 0 unspecified atom stereocenters. The molecule has 0 fully saturated rings. The van der Waals surface area contributed by atoms with E-state index in [9.17, 15) is 18.0 Å². The van der Waals surface area contributed by atoms with E-state index in [4.69, 9.17) is 5.11 Å². The maximum Gasteiger partial charge on any atom is 0.417 e.